The van der Waals surface area contributed by atoms with E-state index in [4.69, 9.17) is 0 Å². The predicted octanol–water partition coefficient (Wildman–Crippen LogP) is 9.31. The average molecular weight is 585 g/mol. The quantitative estimate of drug-likeness (QED) is 0.172. The molecule has 0 bridgehead atoms. The molecule has 4 nitrogen and oxygen atoms in total. The van der Waals surface area contributed by atoms with Crippen molar-refractivity contribution in [2.24, 2.45) is 0 Å². The van der Waals surface area contributed by atoms with Crippen molar-refractivity contribution in [3.05, 3.63) is 69.4 Å². The molecule has 0 spiro atoms. The van der Waals surface area contributed by atoms with E-state index in [2.05, 4.69) is 62.4 Å². The van der Waals surface area contributed by atoms with Crippen molar-refractivity contribution < 1.29 is 19.8 Å². The van der Waals surface area contributed by atoms with Gasteiger partial charge in [-0.05, 0) is 86.3 Å². The van der Waals surface area contributed by atoms with Crippen LogP contribution in [0.15, 0.2) is 48.5 Å². The van der Waals surface area contributed by atoms with Gasteiger partial charge in [0.1, 0.15) is 0 Å². The molecule has 0 radical (unpaired) electrons. The number of carboxylic acid groups (broad SMARTS) is 2. The first kappa shape index (κ1) is 26.1. The zero-order valence-corrected chi connectivity index (χ0v) is 24.3. The summed E-state index contributed by atoms with van der Waals surface area (Å²) in [5.74, 6) is -1.59. The predicted molar refractivity (Wildman–Crippen MR) is 159 cm³/mol. The highest BCUT2D eigenvalue weighted by Gasteiger charge is 2.20. The molecule has 0 aromatic carbocycles. The Balaban J connectivity index is 1.53. The first-order valence-electron chi connectivity index (χ1n) is 11.7. The van der Waals surface area contributed by atoms with Gasteiger partial charge in [0.25, 0.3) is 0 Å². The number of hydrogen-bond donors (Lipinski definition) is 2. The van der Waals surface area contributed by atoms with E-state index in [1.54, 1.807) is 56.7 Å². The smallest absolute Gasteiger partial charge is 0.303 e. The molecule has 0 saturated carbocycles. The van der Waals surface area contributed by atoms with Crippen LogP contribution in [0, 0.1) is 13.8 Å². The van der Waals surface area contributed by atoms with E-state index in [1.165, 1.54) is 19.5 Å². The number of aliphatic carboxylic acids is 2. The molecule has 0 atom stereocenters. The van der Waals surface area contributed by atoms with Gasteiger partial charge in [-0.3, -0.25) is 9.59 Å². The maximum absolute atomic E-state index is 11.3. The molecule has 190 valence electrons. The first-order valence-corrected chi connectivity index (χ1v) is 15.8. The molecule has 0 fully saturated rings. The van der Waals surface area contributed by atoms with Crippen LogP contribution in [-0.2, 0) is 22.4 Å². The standard InChI is InChI=1S/C28H24O4S5/c1-15-3-7-19(33-15)23-13-17(5-11-25(29)30)27(36-23)21-9-10-22(35-21)28-18(6-12-26(31)32)14-24(37-28)20-8-4-16(2)34-20/h3-4,7-10,13-14H,5-6,11-12H2,1-2H3,(H,29,30)(H,31,32). The van der Waals surface area contributed by atoms with Crippen molar-refractivity contribution in [2.45, 2.75) is 39.5 Å². The average Bonchev–Trinajstić information content (AvgIpc) is 3.65. The van der Waals surface area contributed by atoms with Crippen LogP contribution in [-0.4, -0.2) is 22.2 Å². The van der Waals surface area contributed by atoms with Gasteiger partial charge in [0.2, 0.25) is 0 Å². The van der Waals surface area contributed by atoms with Crippen molar-refractivity contribution in [1.29, 1.82) is 0 Å². The highest BCUT2D eigenvalue weighted by Crippen LogP contribution is 2.48. The molecule has 0 unspecified atom stereocenters. The summed E-state index contributed by atoms with van der Waals surface area (Å²) >= 11 is 8.63. The summed E-state index contributed by atoms with van der Waals surface area (Å²) in [4.78, 5) is 34.4. The number of rotatable bonds is 10. The molecule has 2 N–H and O–H groups in total. The maximum atomic E-state index is 11.3. The molecule has 5 heterocycles. The van der Waals surface area contributed by atoms with E-state index in [1.807, 2.05) is 0 Å². The Labute approximate surface area is 235 Å². The fourth-order valence-corrected chi connectivity index (χ4v) is 9.70. The number of aryl methyl sites for hydroxylation is 4. The molecule has 37 heavy (non-hydrogen) atoms. The van der Waals surface area contributed by atoms with Gasteiger partial charge in [-0.1, -0.05) is 0 Å². The van der Waals surface area contributed by atoms with E-state index < -0.39 is 11.9 Å². The normalized spacial score (nSPS) is 11.3. The fraction of sp³-hybridized carbons (Fsp3) is 0.214. The molecule has 0 aliphatic rings. The van der Waals surface area contributed by atoms with Gasteiger partial charge in [0.15, 0.2) is 0 Å². The van der Waals surface area contributed by atoms with Gasteiger partial charge in [0.05, 0.1) is 0 Å². The van der Waals surface area contributed by atoms with Crippen LogP contribution in [0.2, 0.25) is 0 Å². The molecule has 0 saturated heterocycles. The molecule has 5 aromatic heterocycles. The van der Waals surface area contributed by atoms with Crippen LogP contribution in [0.25, 0.3) is 39.0 Å². The second-order valence-corrected chi connectivity index (χ2v) is 14.5. The Morgan fingerprint density at radius 2 is 0.973 bits per heavy atom. The zero-order valence-electron chi connectivity index (χ0n) is 20.2. The Hall–Kier alpha value is -2.56. The van der Waals surface area contributed by atoms with Crippen LogP contribution in [0.1, 0.15) is 33.7 Å². The van der Waals surface area contributed by atoms with Gasteiger partial charge in [-0.2, -0.15) is 0 Å². The zero-order chi connectivity index (χ0) is 26.1. The number of hydrogen-bond acceptors (Lipinski definition) is 7. The molecule has 0 amide bonds. The minimum Gasteiger partial charge on any atom is -0.481 e. The van der Waals surface area contributed by atoms with Gasteiger partial charge < -0.3 is 10.2 Å². The van der Waals surface area contributed by atoms with Crippen LogP contribution in [0.5, 0.6) is 0 Å². The molecule has 0 aliphatic carbocycles. The second kappa shape index (κ2) is 11.0. The van der Waals surface area contributed by atoms with Crippen molar-refractivity contribution in [3.63, 3.8) is 0 Å². The van der Waals surface area contributed by atoms with E-state index in [9.17, 15) is 19.8 Å². The van der Waals surface area contributed by atoms with Crippen molar-refractivity contribution in [1.82, 2.24) is 0 Å². The first-order chi connectivity index (χ1) is 17.8. The van der Waals surface area contributed by atoms with Crippen molar-refractivity contribution in [3.8, 4) is 39.0 Å². The van der Waals surface area contributed by atoms with E-state index in [-0.39, 0.29) is 12.8 Å². The molecule has 5 aromatic rings. The highest BCUT2D eigenvalue weighted by molar-refractivity contribution is 7.29. The summed E-state index contributed by atoms with van der Waals surface area (Å²) in [7, 11) is 0. The van der Waals surface area contributed by atoms with Crippen molar-refractivity contribution in [2.75, 3.05) is 0 Å². The summed E-state index contributed by atoms with van der Waals surface area (Å²) in [6, 6.07) is 17.0. The number of carbonyl (C=O) groups is 2. The topological polar surface area (TPSA) is 74.6 Å². The molecular weight excluding hydrogens is 561 g/mol. The molecule has 9 heteroatoms. The molecular formula is C28H24O4S5. The lowest BCUT2D eigenvalue weighted by Gasteiger charge is -2.01. The van der Waals surface area contributed by atoms with Gasteiger partial charge in [-0.15, -0.1) is 56.7 Å². The number of carboxylic acids is 2. The van der Waals surface area contributed by atoms with Crippen LogP contribution in [0.4, 0.5) is 0 Å². The molecule has 0 aliphatic heterocycles. The Morgan fingerprint density at radius 3 is 1.32 bits per heavy atom. The minimum absolute atomic E-state index is 0.0960. The summed E-state index contributed by atoms with van der Waals surface area (Å²) < 4.78 is 0. The molecule has 5 rings (SSSR count). The van der Waals surface area contributed by atoms with E-state index in [0.717, 1.165) is 40.4 Å². The third kappa shape index (κ3) is 5.97. The third-order valence-corrected chi connectivity index (χ3v) is 12.0. The Bertz CT molecular complexity index is 1460. The minimum atomic E-state index is -0.796. The fourth-order valence-electron chi connectivity index (χ4n) is 4.09. The largest absolute Gasteiger partial charge is 0.481 e. The van der Waals surface area contributed by atoms with Crippen LogP contribution >= 0.6 is 56.7 Å². The lowest BCUT2D eigenvalue weighted by Crippen LogP contribution is -1.97. The maximum Gasteiger partial charge on any atom is 0.303 e. The lowest BCUT2D eigenvalue weighted by molar-refractivity contribution is -0.138. The summed E-state index contributed by atoms with van der Waals surface area (Å²) in [6.45, 7) is 4.18. The highest BCUT2D eigenvalue weighted by atomic mass is 32.1. The van der Waals surface area contributed by atoms with Crippen LogP contribution < -0.4 is 0 Å². The summed E-state index contributed by atoms with van der Waals surface area (Å²) in [5.41, 5.74) is 2.13. The Morgan fingerprint density at radius 1 is 0.568 bits per heavy atom. The number of thiophene rings is 5. The SMILES string of the molecule is Cc1ccc(-c2cc(CCC(=O)O)c(-c3ccc(-c4sc(-c5ccc(C)s5)cc4CCC(=O)O)s3)s2)s1. The van der Waals surface area contributed by atoms with Gasteiger partial charge >= 0.3 is 11.9 Å². The Kier molecular flexibility index (Phi) is 7.78. The van der Waals surface area contributed by atoms with E-state index >= 15 is 0 Å². The lowest BCUT2D eigenvalue weighted by atomic mass is 10.1. The third-order valence-electron chi connectivity index (χ3n) is 5.85. The second-order valence-electron chi connectivity index (χ2n) is 8.70. The summed E-state index contributed by atoms with van der Waals surface area (Å²) in [5, 5.41) is 18.6. The van der Waals surface area contributed by atoms with Crippen molar-refractivity contribution >= 4 is 68.6 Å². The van der Waals surface area contributed by atoms with Gasteiger partial charge in [0, 0.05) is 61.6 Å². The van der Waals surface area contributed by atoms with Gasteiger partial charge in [-0.25, -0.2) is 0 Å². The van der Waals surface area contributed by atoms with Crippen LogP contribution in [0.3, 0.4) is 0 Å². The monoisotopic (exact) mass is 584 g/mol. The van der Waals surface area contributed by atoms with E-state index in [0.29, 0.717) is 12.8 Å². The summed E-state index contributed by atoms with van der Waals surface area (Å²) in [6.07, 6.45) is 1.17.